The van der Waals surface area contributed by atoms with Gasteiger partial charge in [-0.1, -0.05) is 21.6 Å². The lowest BCUT2D eigenvalue weighted by Crippen LogP contribution is -2.79. The molecule has 1 aliphatic heterocycles. The van der Waals surface area contributed by atoms with Crippen molar-refractivity contribution in [1.29, 1.82) is 0 Å². The van der Waals surface area contributed by atoms with Crippen molar-refractivity contribution in [2.24, 2.45) is 0 Å². The molecule has 28 heavy (non-hydrogen) atoms. The molecule has 0 spiro atoms. The predicted octanol–water partition coefficient (Wildman–Crippen LogP) is 1.78. The summed E-state index contributed by atoms with van der Waals surface area (Å²) in [7, 11) is 0. The standard InChI is InChI=1S/C16H16BrF3NO7/c1-8-4-10(17)5-9-6-11(14(16(18,19)20)28-13(8)9)15(23)26-7-25-12(22)2-3-27-21-24/h4-6,14,24H,2-3,7,21H2,1H3/q+1. The molecule has 1 aliphatic rings. The van der Waals surface area contributed by atoms with Crippen molar-refractivity contribution in [2.75, 3.05) is 13.4 Å². The smallest absolute Gasteiger partial charge is 0.430 e. The van der Waals surface area contributed by atoms with Gasteiger partial charge >= 0.3 is 18.1 Å². The van der Waals surface area contributed by atoms with E-state index in [1.54, 1.807) is 13.0 Å². The topological polar surface area (TPSA) is 108 Å². The van der Waals surface area contributed by atoms with E-state index in [0.29, 0.717) is 15.7 Å². The first kappa shape index (κ1) is 22.1. The van der Waals surface area contributed by atoms with Gasteiger partial charge in [-0.05, 0) is 30.7 Å². The fourth-order valence-electron chi connectivity index (χ4n) is 2.36. The number of carbonyl (C=O) groups excluding carboxylic acids is 2. The number of aryl methyl sites for hydroxylation is 1. The second-order valence-electron chi connectivity index (χ2n) is 5.57. The van der Waals surface area contributed by atoms with Crippen molar-refractivity contribution >= 4 is 33.9 Å². The highest BCUT2D eigenvalue weighted by atomic mass is 79.9. The molecule has 0 aliphatic carbocycles. The number of hydrogen-bond donors (Lipinski definition) is 2. The third-order valence-corrected chi connectivity index (χ3v) is 4.00. The fraction of sp³-hybridized carbons (Fsp3) is 0.375. The van der Waals surface area contributed by atoms with E-state index >= 15 is 0 Å². The van der Waals surface area contributed by atoms with Gasteiger partial charge in [-0.15, -0.1) is 0 Å². The van der Waals surface area contributed by atoms with Crippen LogP contribution >= 0.6 is 15.9 Å². The summed E-state index contributed by atoms with van der Waals surface area (Å²) in [5.74, 6) is -2.16. The van der Waals surface area contributed by atoms with Gasteiger partial charge in [-0.3, -0.25) is 4.79 Å². The van der Waals surface area contributed by atoms with Gasteiger partial charge < -0.3 is 14.2 Å². The Hall–Kier alpha value is -2.15. The van der Waals surface area contributed by atoms with Crippen LogP contribution < -0.4 is 10.4 Å². The molecule has 0 fully saturated rings. The summed E-state index contributed by atoms with van der Waals surface area (Å²) >= 11 is 3.23. The van der Waals surface area contributed by atoms with Crippen LogP contribution in [0.25, 0.3) is 6.08 Å². The highest BCUT2D eigenvalue weighted by molar-refractivity contribution is 9.10. The van der Waals surface area contributed by atoms with Gasteiger partial charge in [0.2, 0.25) is 12.9 Å². The zero-order valence-corrected chi connectivity index (χ0v) is 16.0. The van der Waals surface area contributed by atoms with Gasteiger partial charge in [0.1, 0.15) is 12.4 Å². The molecule has 8 nitrogen and oxygen atoms in total. The molecule has 0 amide bonds. The molecule has 0 bridgehead atoms. The quantitative estimate of drug-likeness (QED) is 0.270. The Morgan fingerprint density at radius 2 is 2.04 bits per heavy atom. The van der Waals surface area contributed by atoms with Crippen molar-refractivity contribution in [3.05, 3.63) is 33.3 Å². The van der Waals surface area contributed by atoms with E-state index in [4.69, 9.17) is 9.94 Å². The van der Waals surface area contributed by atoms with E-state index in [-0.39, 0.29) is 24.3 Å². The van der Waals surface area contributed by atoms with Crippen LogP contribution in [-0.4, -0.2) is 42.8 Å². The van der Waals surface area contributed by atoms with Gasteiger partial charge in [0.05, 0.1) is 12.0 Å². The van der Waals surface area contributed by atoms with Crippen LogP contribution in [0.4, 0.5) is 13.2 Å². The van der Waals surface area contributed by atoms with Crippen molar-refractivity contribution < 1.29 is 52.7 Å². The Balaban J connectivity index is 2.12. The molecule has 0 radical (unpaired) electrons. The van der Waals surface area contributed by atoms with Crippen LogP contribution in [0.2, 0.25) is 0 Å². The first-order valence-corrected chi connectivity index (χ1v) is 8.58. The first-order chi connectivity index (χ1) is 13.1. The lowest BCUT2D eigenvalue weighted by atomic mass is 9.99. The SMILES string of the molecule is Cc1cc(Br)cc2c1OC(C(F)(F)F)C(C(=O)OCOC(=O)CCO[NH2+]O)=C2. The molecule has 0 saturated heterocycles. The molecule has 154 valence electrons. The lowest BCUT2D eigenvalue weighted by molar-refractivity contribution is -1.06. The molecular weight excluding hydrogens is 455 g/mol. The van der Waals surface area contributed by atoms with Crippen molar-refractivity contribution in [3.8, 4) is 5.75 Å². The number of hydrogen-bond acceptors (Lipinski definition) is 7. The maximum atomic E-state index is 13.4. The minimum Gasteiger partial charge on any atom is -0.475 e. The van der Waals surface area contributed by atoms with Gasteiger partial charge in [0.25, 0.3) is 0 Å². The second kappa shape index (κ2) is 9.37. The van der Waals surface area contributed by atoms with Crippen molar-refractivity contribution in [1.82, 2.24) is 0 Å². The molecule has 2 rings (SSSR count). The largest absolute Gasteiger partial charge is 0.475 e. The summed E-state index contributed by atoms with van der Waals surface area (Å²) in [6, 6.07) is 3.08. The summed E-state index contributed by atoms with van der Waals surface area (Å²) in [5, 5.41) is 8.29. The first-order valence-electron chi connectivity index (χ1n) is 7.79. The number of esters is 2. The molecule has 12 heteroatoms. The average Bonchev–Trinajstić information content (AvgIpc) is 2.59. The molecule has 1 aromatic rings. The Bertz CT molecular complexity index is 782. The van der Waals surface area contributed by atoms with Crippen molar-refractivity contribution in [3.63, 3.8) is 0 Å². The van der Waals surface area contributed by atoms with E-state index in [9.17, 15) is 22.8 Å². The van der Waals surface area contributed by atoms with Gasteiger partial charge in [-0.25, -0.2) is 4.79 Å². The van der Waals surface area contributed by atoms with Gasteiger partial charge in [0, 0.05) is 10.0 Å². The Kier molecular flexibility index (Phi) is 7.41. The van der Waals surface area contributed by atoms with Crippen LogP contribution in [0, 0.1) is 6.92 Å². The molecule has 1 unspecified atom stereocenters. The molecule has 0 saturated carbocycles. The number of alkyl halides is 3. The molecule has 0 aromatic heterocycles. The highest BCUT2D eigenvalue weighted by Gasteiger charge is 2.49. The summed E-state index contributed by atoms with van der Waals surface area (Å²) in [4.78, 5) is 27.9. The van der Waals surface area contributed by atoms with Crippen LogP contribution in [-0.2, 0) is 23.9 Å². The number of nitrogens with two attached hydrogens (primary N) is 1. The number of quaternary nitrogens is 1. The summed E-state index contributed by atoms with van der Waals surface area (Å²) in [6.45, 7) is 0.516. The van der Waals surface area contributed by atoms with Gasteiger partial charge in [-0.2, -0.15) is 23.2 Å². The Morgan fingerprint density at radius 3 is 2.68 bits per heavy atom. The normalized spacial score (nSPS) is 15.9. The molecule has 1 heterocycles. The number of ether oxygens (including phenoxy) is 3. The van der Waals surface area contributed by atoms with E-state index < -0.39 is 36.6 Å². The monoisotopic (exact) mass is 470 g/mol. The molecular formula is C16H16BrF3NO7+. The van der Waals surface area contributed by atoms with Crippen molar-refractivity contribution in [2.45, 2.75) is 25.6 Å². The Labute approximate surface area is 165 Å². The Morgan fingerprint density at radius 1 is 1.32 bits per heavy atom. The second-order valence-corrected chi connectivity index (χ2v) is 6.49. The van der Waals surface area contributed by atoms with E-state index in [0.717, 1.165) is 6.08 Å². The molecule has 1 atom stereocenters. The number of rotatable bonds is 7. The maximum Gasteiger partial charge on any atom is 0.430 e. The zero-order chi connectivity index (χ0) is 20.9. The molecule has 1 aromatic carbocycles. The number of carbonyl (C=O) groups is 2. The van der Waals surface area contributed by atoms with Crippen LogP contribution in [0.3, 0.4) is 0 Å². The van der Waals surface area contributed by atoms with Gasteiger partial charge in [0.15, 0.2) is 0 Å². The van der Waals surface area contributed by atoms with Crippen LogP contribution in [0.15, 0.2) is 22.2 Å². The summed E-state index contributed by atoms with van der Waals surface area (Å²) < 4.78 is 54.9. The third kappa shape index (κ3) is 5.67. The minimum absolute atomic E-state index is 0.00851. The van der Waals surface area contributed by atoms with E-state index in [1.165, 1.54) is 6.07 Å². The summed E-state index contributed by atoms with van der Waals surface area (Å²) in [6.07, 6.45) is -6.61. The fourth-order valence-corrected chi connectivity index (χ4v) is 2.95. The van der Waals surface area contributed by atoms with E-state index in [2.05, 4.69) is 30.2 Å². The lowest BCUT2D eigenvalue weighted by Gasteiger charge is -2.28. The predicted molar refractivity (Wildman–Crippen MR) is 88.7 cm³/mol. The number of fused-ring (bicyclic) bond motifs is 1. The third-order valence-electron chi connectivity index (χ3n) is 3.54. The minimum atomic E-state index is -4.86. The molecule has 3 N–H and O–H groups in total. The van der Waals surface area contributed by atoms with Crippen LogP contribution in [0.5, 0.6) is 5.75 Å². The maximum absolute atomic E-state index is 13.4. The average molecular weight is 471 g/mol. The summed E-state index contributed by atoms with van der Waals surface area (Å²) in [5.41, 5.74) is 0.344. The van der Waals surface area contributed by atoms with E-state index in [1.807, 2.05) is 0 Å². The van der Waals surface area contributed by atoms with Crippen LogP contribution in [0.1, 0.15) is 17.5 Å². The zero-order valence-electron chi connectivity index (χ0n) is 14.4. The number of halogens is 4. The highest BCUT2D eigenvalue weighted by Crippen LogP contribution is 2.40. The number of benzene rings is 1.